The summed E-state index contributed by atoms with van der Waals surface area (Å²) in [4.78, 5) is 12.9. The van der Waals surface area contributed by atoms with Gasteiger partial charge in [-0.2, -0.15) is 5.26 Å². The molecule has 1 aliphatic rings. The number of hydrogen-bond donors (Lipinski definition) is 1. The Hall–Kier alpha value is -3.79. The van der Waals surface area contributed by atoms with Crippen LogP contribution < -0.4 is 10.5 Å². The first kappa shape index (κ1) is 20.0. The SMILES string of the molecule is CCOC(=O)C1=C(c2ccc(OC)cc2)OC(N)=C(C#N)C1c1ccccc1F. The van der Waals surface area contributed by atoms with Crippen LogP contribution in [0.4, 0.5) is 4.39 Å². The number of hydrogen-bond acceptors (Lipinski definition) is 6. The Morgan fingerprint density at radius 1 is 1.24 bits per heavy atom. The molecular weight excluding hydrogens is 375 g/mol. The molecule has 0 aromatic heterocycles. The molecule has 0 amide bonds. The normalized spacial score (nSPS) is 16.1. The van der Waals surface area contributed by atoms with Crippen LogP contribution in [0, 0.1) is 17.1 Å². The molecule has 0 spiro atoms. The highest BCUT2D eigenvalue weighted by Gasteiger charge is 2.39. The Labute approximate surface area is 167 Å². The number of nitrogens with zero attached hydrogens (tertiary/aromatic N) is 1. The molecular formula is C22H19FN2O4. The maximum absolute atomic E-state index is 14.7. The van der Waals surface area contributed by atoms with Crippen LogP contribution in [0.25, 0.3) is 5.76 Å². The number of methoxy groups -OCH3 is 1. The lowest BCUT2D eigenvalue weighted by Gasteiger charge is -2.28. The van der Waals surface area contributed by atoms with Gasteiger partial charge in [-0.05, 0) is 37.3 Å². The van der Waals surface area contributed by atoms with Crippen molar-refractivity contribution in [1.82, 2.24) is 0 Å². The van der Waals surface area contributed by atoms with Gasteiger partial charge in [-0.15, -0.1) is 0 Å². The van der Waals surface area contributed by atoms with Crippen molar-refractivity contribution in [1.29, 1.82) is 5.26 Å². The lowest BCUT2D eigenvalue weighted by molar-refractivity contribution is -0.138. The molecule has 1 unspecified atom stereocenters. The van der Waals surface area contributed by atoms with E-state index in [0.29, 0.717) is 11.3 Å². The predicted octanol–water partition coefficient (Wildman–Crippen LogP) is 3.62. The number of carbonyl (C=O) groups excluding carboxylic acids is 1. The lowest BCUT2D eigenvalue weighted by Crippen LogP contribution is -2.26. The molecule has 148 valence electrons. The minimum absolute atomic E-state index is 0.00728. The Kier molecular flexibility index (Phi) is 5.84. The number of nitriles is 1. The molecule has 1 atom stereocenters. The van der Waals surface area contributed by atoms with Crippen LogP contribution in [0.3, 0.4) is 0 Å². The van der Waals surface area contributed by atoms with Gasteiger partial charge in [-0.1, -0.05) is 18.2 Å². The molecule has 2 N–H and O–H groups in total. The van der Waals surface area contributed by atoms with Crippen molar-refractivity contribution in [3.63, 3.8) is 0 Å². The van der Waals surface area contributed by atoms with Gasteiger partial charge < -0.3 is 19.9 Å². The third-order valence-corrected chi connectivity index (χ3v) is 4.48. The molecule has 0 aliphatic carbocycles. The molecule has 6 nitrogen and oxygen atoms in total. The maximum atomic E-state index is 14.7. The summed E-state index contributed by atoms with van der Waals surface area (Å²) >= 11 is 0. The summed E-state index contributed by atoms with van der Waals surface area (Å²) in [5.74, 6) is -1.83. The number of nitrogens with two attached hydrogens (primary N) is 1. The second-order valence-corrected chi connectivity index (χ2v) is 6.14. The fourth-order valence-electron chi connectivity index (χ4n) is 3.15. The average molecular weight is 394 g/mol. The zero-order chi connectivity index (χ0) is 21.0. The maximum Gasteiger partial charge on any atom is 0.338 e. The molecule has 0 saturated carbocycles. The van der Waals surface area contributed by atoms with Crippen LogP contribution in [0.5, 0.6) is 5.75 Å². The van der Waals surface area contributed by atoms with Crippen LogP contribution in [0.15, 0.2) is 65.6 Å². The van der Waals surface area contributed by atoms with Crippen molar-refractivity contribution in [2.24, 2.45) is 5.73 Å². The smallest absolute Gasteiger partial charge is 0.338 e. The van der Waals surface area contributed by atoms with E-state index in [9.17, 15) is 14.4 Å². The number of esters is 1. The largest absolute Gasteiger partial charge is 0.497 e. The summed E-state index contributed by atoms with van der Waals surface area (Å²) in [5.41, 5.74) is 6.57. The molecule has 1 heterocycles. The van der Waals surface area contributed by atoms with Crippen molar-refractivity contribution in [3.05, 3.63) is 82.5 Å². The number of rotatable bonds is 5. The fraction of sp³-hybridized carbons (Fsp3) is 0.182. The van der Waals surface area contributed by atoms with Gasteiger partial charge in [0.25, 0.3) is 0 Å². The minimum Gasteiger partial charge on any atom is -0.497 e. The highest BCUT2D eigenvalue weighted by molar-refractivity contribution is 5.99. The lowest BCUT2D eigenvalue weighted by atomic mass is 9.81. The van der Waals surface area contributed by atoms with Crippen molar-refractivity contribution in [2.45, 2.75) is 12.8 Å². The standard InChI is InChI=1S/C22H19FN2O4/c1-3-28-22(26)19-18(15-6-4-5-7-17(15)23)16(12-24)21(25)29-20(19)13-8-10-14(27-2)11-9-13/h4-11,18H,3,25H2,1-2H3. The molecule has 2 aromatic rings. The number of ether oxygens (including phenoxy) is 3. The van der Waals surface area contributed by atoms with Crippen LogP contribution in [0.1, 0.15) is 24.0 Å². The first-order chi connectivity index (χ1) is 14.0. The minimum atomic E-state index is -1.06. The van der Waals surface area contributed by atoms with Crippen LogP contribution >= 0.6 is 0 Å². The highest BCUT2D eigenvalue weighted by Crippen LogP contribution is 2.43. The monoisotopic (exact) mass is 394 g/mol. The van der Waals surface area contributed by atoms with E-state index >= 15 is 0 Å². The van der Waals surface area contributed by atoms with Gasteiger partial charge in [0.15, 0.2) is 0 Å². The van der Waals surface area contributed by atoms with Crippen LogP contribution in [-0.4, -0.2) is 19.7 Å². The molecule has 0 saturated heterocycles. The summed E-state index contributed by atoms with van der Waals surface area (Å²) in [6, 6.07) is 14.6. The van der Waals surface area contributed by atoms with Crippen molar-refractivity contribution >= 4 is 11.7 Å². The van der Waals surface area contributed by atoms with E-state index in [1.165, 1.54) is 25.3 Å². The molecule has 29 heavy (non-hydrogen) atoms. The molecule has 0 bridgehead atoms. The van der Waals surface area contributed by atoms with Crippen molar-refractivity contribution in [3.8, 4) is 11.8 Å². The molecule has 1 aliphatic heterocycles. The van der Waals surface area contributed by atoms with Gasteiger partial charge in [-0.25, -0.2) is 9.18 Å². The third-order valence-electron chi connectivity index (χ3n) is 4.48. The first-order valence-corrected chi connectivity index (χ1v) is 8.89. The highest BCUT2D eigenvalue weighted by atomic mass is 19.1. The number of allylic oxidation sites excluding steroid dienone is 1. The summed E-state index contributed by atoms with van der Waals surface area (Å²) in [6.45, 7) is 1.76. The average Bonchev–Trinajstić information content (AvgIpc) is 2.73. The van der Waals surface area contributed by atoms with Gasteiger partial charge in [0.05, 0.1) is 25.2 Å². The summed E-state index contributed by atoms with van der Waals surface area (Å²) in [7, 11) is 1.53. The molecule has 2 aromatic carbocycles. The van der Waals surface area contributed by atoms with Gasteiger partial charge in [0, 0.05) is 11.1 Å². The third kappa shape index (κ3) is 3.78. The Morgan fingerprint density at radius 2 is 1.93 bits per heavy atom. The van der Waals surface area contributed by atoms with Crippen molar-refractivity contribution < 1.29 is 23.4 Å². The van der Waals surface area contributed by atoms with Crippen LogP contribution in [0.2, 0.25) is 0 Å². The number of benzene rings is 2. The van der Waals surface area contributed by atoms with E-state index in [2.05, 4.69) is 0 Å². The molecule has 3 rings (SSSR count). The number of carbonyl (C=O) groups is 1. The molecule has 0 fully saturated rings. The molecule has 0 radical (unpaired) electrons. The van der Waals surface area contributed by atoms with Crippen molar-refractivity contribution in [2.75, 3.05) is 13.7 Å². The van der Waals surface area contributed by atoms with Crippen LogP contribution in [-0.2, 0) is 14.3 Å². The Balaban J connectivity index is 2.28. The predicted molar refractivity (Wildman–Crippen MR) is 104 cm³/mol. The topological polar surface area (TPSA) is 94.6 Å². The second kappa shape index (κ2) is 8.48. The van der Waals surface area contributed by atoms with Gasteiger partial charge in [0.2, 0.25) is 5.88 Å². The molecule has 7 heteroatoms. The Morgan fingerprint density at radius 3 is 2.52 bits per heavy atom. The zero-order valence-corrected chi connectivity index (χ0v) is 15.9. The summed E-state index contributed by atoms with van der Waals surface area (Å²) in [5, 5.41) is 9.66. The first-order valence-electron chi connectivity index (χ1n) is 8.89. The van der Waals surface area contributed by atoms with Gasteiger partial charge >= 0.3 is 5.97 Å². The van der Waals surface area contributed by atoms with E-state index in [1.54, 1.807) is 37.3 Å². The summed E-state index contributed by atoms with van der Waals surface area (Å²) < 4.78 is 30.7. The Bertz CT molecular complexity index is 1040. The fourth-order valence-corrected chi connectivity index (χ4v) is 3.15. The number of halogens is 1. The second-order valence-electron chi connectivity index (χ2n) is 6.14. The van der Waals surface area contributed by atoms with E-state index in [0.717, 1.165) is 0 Å². The van der Waals surface area contributed by atoms with Gasteiger partial charge in [-0.3, -0.25) is 0 Å². The quantitative estimate of drug-likeness (QED) is 0.779. The van der Waals surface area contributed by atoms with Gasteiger partial charge in [0.1, 0.15) is 29.0 Å². The summed E-state index contributed by atoms with van der Waals surface area (Å²) in [6.07, 6.45) is 0. The van der Waals surface area contributed by atoms with E-state index in [1.807, 2.05) is 6.07 Å². The van der Waals surface area contributed by atoms with E-state index in [-0.39, 0.29) is 35.0 Å². The zero-order valence-electron chi connectivity index (χ0n) is 15.9. The van der Waals surface area contributed by atoms with E-state index < -0.39 is 17.7 Å². The van der Waals surface area contributed by atoms with E-state index in [4.69, 9.17) is 19.9 Å².